The number of fused-ring (bicyclic) bond motifs is 1. The lowest BCUT2D eigenvalue weighted by Gasteiger charge is -2.12. The summed E-state index contributed by atoms with van der Waals surface area (Å²) < 4.78 is 11.3. The van der Waals surface area contributed by atoms with Gasteiger partial charge in [0.05, 0.1) is 13.2 Å². The maximum atomic E-state index is 6.11. The van der Waals surface area contributed by atoms with Crippen molar-refractivity contribution in [3.8, 4) is 11.5 Å². The van der Waals surface area contributed by atoms with Gasteiger partial charge in [-0.3, -0.25) is 0 Å². The molecule has 1 aromatic rings. The molecule has 0 spiro atoms. The van der Waals surface area contributed by atoms with Crippen LogP contribution in [0.5, 0.6) is 11.5 Å². The molecule has 1 fully saturated rings. The minimum absolute atomic E-state index is 0.0554. The Labute approximate surface area is 95.5 Å². The zero-order valence-corrected chi connectivity index (χ0v) is 9.37. The predicted molar refractivity (Wildman–Crippen MR) is 61.9 cm³/mol. The summed E-state index contributed by atoms with van der Waals surface area (Å²) in [6.07, 6.45) is 4.18. The molecule has 2 N–H and O–H groups in total. The zero-order chi connectivity index (χ0) is 11.0. The van der Waals surface area contributed by atoms with Crippen LogP contribution in [0.4, 0.5) is 0 Å². The average Bonchev–Trinajstić information content (AvgIpc) is 3.01. The van der Waals surface area contributed by atoms with Crippen LogP contribution in [0.2, 0.25) is 0 Å². The molecular weight excluding hydrogens is 202 g/mol. The molecule has 0 saturated heterocycles. The minimum atomic E-state index is 0.0554. The summed E-state index contributed by atoms with van der Waals surface area (Å²) in [7, 11) is 0. The highest BCUT2D eigenvalue weighted by Gasteiger charge is 2.38. The third-order valence-electron chi connectivity index (χ3n) is 3.26. The van der Waals surface area contributed by atoms with E-state index in [0.29, 0.717) is 0 Å². The third kappa shape index (κ3) is 2.00. The molecule has 0 aromatic heterocycles. The van der Waals surface area contributed by atoms with Crippen LogP contribution in [0, 0.1) is 0 Å². The van der Waals surface area contributed by atoms with Crippen molar-refractivity contribution in [2.24, 2.45) is 5.73 Å². The van der Waals surface area contributed by atoms with E-state index >= 15 is 0 Å². The normalized spacial score (nSPS) is 21.3. The number of rotatable bonds is 2. The number of benzene rings is 1. The fourth-order valence-electron chi connectivity index (χ4n) is 2.06. The summed E-state index contributed by atoms with van der Waals surface area (Å²) in [5, 5.41) is 0. The molecule has 0 bridgehead atoms. The highest BCUT2D eigenvalue weighted by molar-refractivity contribution is 5.44. The van der Waals surface area contributed by atoms with Crippen LogP contribution in [-0.2, 0) is 6.42 Å². The number of nitrogens with two attached hydrogens (primary N) is 1. The Bertz CT molecular complexity index is 399. The maximum Gasteiger partial charge on any atom is 0.161 e. The van der Waals surface area contributed by atoms with E-state index in [4.69, 9.17) is 15.2 Å². The van der Waals surface area contributed by atoms with Crippen LogP contribution in [-0.4, -0.2) is 18.8 Å². The van der Waals surface area contributed by atoms with Gasteiger partial charge in [0.15, 0.2) is 11.5 Å². The molecule has 3 nitrogen and oxygen atoms in total. The van der Waals surface area contributed by atoms with Crippen LogP contribution >= 0.6 is 0 Å². The summed E-state index contributed by atoms with van der Waals surface area (Å²) in [5.74, 6) is 1.74. The first-order chi connectivity index (χ1) is 7.75. The zero-order valence-electron chi connectivity index (χ0n) is 9.37. The molecule has 1 aromatic carbocycles. The summed E-state index contributed by atoms with van der Waals surface area (Å²) >= 11 is 0. The van der Waals surface area contributed by atoms with E-state index in [0.717, 1.165) is 50.4 Å². The first-order valence-electron chi connectivity index (χ1n) is 5.93. The lowest BCUT2D eigenvalue weighted by molar-refractivity contribution is 0.297. The first kappa shape index (κ1) is 9.97. The minimum Gasteiger partial charge on any atom is -0.490 e. The van der Waals surface area contributed by atoms with Gasteiger partial charge < -0.3 is 15.2 Å². The van der Waals surface area contributed by atoms with Gasteiger partial charge in [-0.2, -0.15) is 0 Å². The van der Waals surface area contributed by atoms with Gasteiger partial charge in [-0.25, -0.2) is 0 Å². The Kier molecular flexibility index (Phi) is 2.28. The van der Waals surface area contributed by atoms with Gasteiger partial charge in [-0.1, -0.05) is 6.07 Å². The predicted octanol–water partition coefficient (Wildman–Crippen LogP) is 1.88. The summed E-state index contributed by atoms with van der Waals surface area (Å²) in [5.41, 5.74) is 7.42. The van der Waals surface area contributed by atoms with Gasteiger partial charge in [0.25, 0.3) is 0 Å². The topological polar surface area (TPSA) is 44.5 Å². The standard InChI is InChI=1S/C13H17NO2/c14-13(4-5-13)9-10-2-3-11-12(8-10)16-7-1-6-15-11/h2-3,8H,1,4-7,9,14H2. The molecule has 1 aliphatic carbocycles. The average molecular weight is 219 g/mol. The van der Waals surface area contributed by atoms with E-state index in [1.165, 1.54) is 5.56 Å². The Hall–Kier alpha value is -1.22. The SMILES string of the molecule is NC1(Cc2ccc3c(c2)OCCCO3)CC1. The van der Waals surface area contributed by atoms with E-state index in [1.54, 1.807) is 0 Å². The van der Waals surface area contributed by atoms with Crippen molar-refractivity contribution in [2.75, 3.05) is 13.2 Å². The molecule has 0 radical (unpaired) electrons. The molecule has 1 heterocycles. The number of ether oxygens (including phenoxy) is 2. The van der Waals surface area contributed by atoms with Crippen LogP contribution in [0.1, 0.15) is 24.8 Å². The Morgan fingerprint density at radius 1 is 1.12 bits per heavy atom. The van der Waals surface area contributed by atoms with Crippen molar-refractivity contribution in [1.29, 1.82) is 0 Å². The molecule has 16 heavy (non-hydrogen) atoms. The summed E-state index contributed by atoms with van der Waals surface area (Å²) in [6, 6.07) is 6.18. The van der Waals surface area contributed by atoms with Crippen molar-refractivity contribution < 1.29 is 9.47 Å². The third-order valence-corrected chi connectivity index (χ3v) is 3.26. The second-order valence-electron chi connectivity index (χ2n) is 4.87. The van der Waals surface area contributed by atoms with Crippen molar-refractivity contribution >= 4 is 0 Å². The fourth-order valence-corrected chi connectivity index (χ4v) is 2.06. The van der Waals surface area contributed by atoms with Gasteiger partial charge in [-0.05, 0) is 37.0 Å². The van der Waals surface area contributed by atoms with Gasteiger partial charge in [0.2, 0.25) is 0 Å². The van der Waals surface area contributed by atoms with Crippen LogP contribution in [0.15, 0.2) is 18.2 Å². The highest BCUT2D eigenvalue weighted by atomic mass is 16.5. The van der Waals surface area contributed by atoms with Crippen molar-refractivity contribution in [3.63, 3.8) is 0 Å². The van der Waals surface area contributed by atoms with Crippen molar-refractivity contribution in [2.45, 2.75) is 31.2 Å². The molecule has 1 saturated carbocycles. The monoisotopic (exact) mass is 219 g/mol. The number of hydrogen-bond donors (Lipinski definition) is 1. The summed E-state index contributed by atoms with van der Waals surface area (Å²) in [6.45, 7) is 1.48. The molecule has 86 valence electrons. The molecule has 0 amide bonds. The lowest BCUT2D eigenvalue weighted by Crippen LogP contribution is -2.24. The molecule has 3 heteroatoms. The largest absolute Gasteiger partial charge is 0.490 e. The van der Waals surface area contributed by atoms with Crippen molar-refractivity contribution in [3.05, 3.63) is 23.8 Å². The molecule has 0 unspecified atom stereocenters. The maximum absolute atomic E-state index is 6.11. The van der Waals surface area contributed by atoms with Crippen LogP contribution in [0.25, 0.3) is 0 Å². The van der Waals surface area contributed by atoms with E-state index < -0.39 is 0 Å². The van der Waals surface area contributed by atoms with E-state index in [1.807, 2.05) is 6.07 Å². The second kappa shape index (κ2) is 3.67. The first-order valence-corrected chi connectivity index (χ1v) is 5.93. The second-order valence-corrected chi connectivity index (χ2v) is 4.87. The Morgan fingerprint density at radius 2 is 1.88 bits per heavy atom. The summed E-state index contributed by atoms with van der Waals surface area (Å²) in [4.78, 5) is 0. The van der Waals surface area contributed by atoms with Gasteiger partial charge in [0, 0.05) is 12.0 Å². The Balaban J connectivity index is 1.83. The Morgan fingerprint density at radius 3 is 2.62 bits per heavy atom. The van der Waals surface area contributed by atoms with Gasteiger partial charge in [-0.15, -0.1) is 0 Å². The fraction of sp³-hybridized carbons (Fsp3) is 0.538. The molecule has 3 rings (SSSR count). The van der Waals surface area contributed by atoms with E-state index in [-0.39, 0.29) is 5.54 Å². The molecule has 2 aliphatic rings. The molecule has 0 atom stereocenters. The van der Waals surface area contributed by atoms with E-state index in [9.17, 15) is 0 Å². The van der Waals surface area contributed by atoms with E-state index in [2.05, 4.69) is 12.1 Å². The van der Waals surface area contributed by atoms with Crippen LogP contribution in [0.3, 0.4) is 0 Å². The molecule has 1 aliphatic heterocycles. The van der Waals surface area contributed by atoms with Crippen molar-refractivity contribution in [1.82, 2.24) is 0 Å². The number of hydrogen-bond acceptors (Lipinski definition) is 3. The molecular formula is C13H17NO2. The van der Waals surface area contributed by atoms with Gasteiger partial charge >= 0.3 is 0 Å². The lowest BCUT2D eigenvalue weighted by atomic mass is 10.0. The van der Waals surface area contributed by atoms with Gasteiger partial charge in [0.1, 0.15) is 0 Å². The smallest absolute Gasteiger partial charge is 0.161 e. The van der Waals surface area contributed by atoms with Crippen LogP contribution < -0.4 is 15.2 Å². The highest BCUT2D eigenvalue weighted by Crippen LogP contribution is 2.38. The quantitative estimate of drug-likeness (QED) is 0.826.